The van der Waals surface area contributed by atoms with Gasteiger partial charge in [-0.25, -0.2) is 13.4 Å². The molecule has 13 nitrogen and oxygen atoms in total. The van der Waals surface area contributed by atoms with E-state index in [0.717, 1.165) is 39.0 Å². The van der Waals surface area contributed by atoms with Gasteiger partial charge in [-0.05, 0) is 80.5 Å². The molecule has 51 heavy (non-hydrogen) atoms. The van der Waals surface area contributed by atoms with Gasteiger partial charge in [0.05, 0.1) is 43.7 Å². The molecule has 1 aromatic heterocycles. The minimum absolute atomic E-state index is 0.00984. The fourth-order valence-corrected chi connectivity index (χ4v) is 10.5. The van der Waals surface area contributed by atoms with Crippen LogP contribution in [0.4, 0.5) is 5.69 Å². The number of benzene rings is 2. The van der Waals surface area contributed by atoms with Crippen LogP contribution < -0.4 is 29.1 Å². The SMILES string of the molecule is CCOc1ncccc1[C@]1(NC(=O)C2CC3(C2)CC(N2CC4(CNC4)C2)C3)C(=O)N(S(=O)(=O)c2ccc(OC)cc2OC)c2ccc(C#N)cc21. The second-order valence-corrected chi connectivity index (χ2v) is 16.4. The second kappa shape index (κ2) is 11.9. The Kier molecular flexibility index (Phi) is 7.82. The van der Waals surface area contributed by atoms with Crippen molar-refractivity contribution in [3.63, 3.8) is 0 Å². The maximum Gasteiger partial charge on any atom is 0.276 e. The van der Waals surface area contributed by atoms with Crippen LogP contribution >= 0.6 is 0 Å². The summed E-state index contributed by atoms with van der Waals surface area (Å²) in [7, 11) is -1.91. The lowest BCUT2D eigenvalue weighted by molar-refractivity contribution is -0.161. The lowest BCUT2D eigenvalue weighted by atomic mass is 9.49. The van der Waals surface area contributed by atoms with Gasteiger partial charge in [-0.3, -0.25) is 14.5 Å². The molecule has 2 amide bonds. The molecule has 4 heterocycles. The van der Waals surface area contributed by atoms with Crippen molar-refractivity contribution >= 4 is 27.5 Å². The van der Waals surface area contributed by atoms with Crippen LogP contribution in [-0.2, 0) is 25.2 Å². The van der Waals surface area contributed by atoms with Crippen molar-refractivity contribution < 1.29 is 32.2 Å². The summed E-state index contributed by atoms with van der Waals surface area (Å²) in [6, 6.07) is 14.3. The summed E-state index contributed by atoms with van der Waals surface area (Å²) in [5.41, 5.74) is -1.08. The highest BCUT2D eigenvalue weighted by Gasteiger charge is 2.63. The molecule has 3 aromatic rings. The normalized spacial score (nSPS) is 27.3. The highest BCUT2D eigenvalue weighted by Crippen LogP contribution is 2.61. The molecular formula is C37H40N6O7S. The third-order valence-corrected chi connectivity index (χ3v) is 13.3. The number of anilines is 1. The predicted molar refractivity (Wildman–Crippen MR) is 185 cm³/mol. The standard InChI is InChI=1S/C37H40N6O7S/c1-4-50-33-27(6-5-11-40-33)37(41-32(44)24-14-35(15-24)16-25(17-35)42-21-36(22-42)19-39-20-36)28-12-23(18-38)7-9-29(28)43(34(37)45)51(46,47)31-10-8-26(48-2)13-30(31)49-3/h5-13,24-25,39H,4,14-17,19-22H2,1-3H3,(H,41,44)/t24?,25?,35?,37-/m1/s1. The zero-order valence-corrected chi connectivity index (χ0v) is 29.6. The largest absolute Gasteiger partial charge is 0.497 e. The number of likely N-dealkylation sites (tertiary alicyclic amines) is 1. The van der Waals surface area contributed by atoms with Gasteiger partial charge >= 0.3 is 0 Å². The first-order valence-corrected chi connectivity index (χ1v) is 18.7. The molecule has 14 heteroatoms. The topological polar surface area (TPSA) is 163 Å². The van der Waals surface area contributed by atoms with Crippen molar-refractivity contribution in [3.05, 3.63) is 71.4 Å². The summed E-state index contributed by atoms with van der Waals surface area (Å²) in [5.74, 6) is -1.33. The van der Waals surface area contributed by atoms with Crippen molar-refractivity contribution in [2.75, 3.05) is 51.3 Å². The summed E-state index contributed by atoms with van der Waals surface area (Å²) < 4.78 is 46.5. The molecule has 2 aliphatic carbocycles. The van der Waals surface area contributed by atoms with Crippen LogP contribution in [0, 0.1) is 28.1 Å². The number of rotatable bonds is 10. The molecule has 5 aliphatic rings. The third kappa shape index (κ3) is 5.00. The monoisotopic (exact) mass is 712 g/mol. The first-order valence-electron chi connectivity index (χ1n) is 17.2. The predicted octanol–water partition coefficient (Wildman–Crippen LogP) is 2.93. The van der Waals surface area contributed by atoms with E-state index in [-0.39, 0.29) is 62.7 Å². The van der Waals surface area contributed by atoms with Crippen molar-refractivity contribution in [1.29, 1.82) is 5.26 Å². The van der Waals surface area contributed by atoms with Gasteiger partial charge in [0.1, 0.15) is 16.4 Å². The number of pyridine rings is 1. The molecule has 0 unspecified atom stereocenters. The summed E-state index contributed by atoms with van der Waals surface area (Å²) in [5, 5.41) is 16.4. The van der Waals surface area contributed by atoms with E-state index in [2.05, 4.69) is 26.6 Å². The van der Waals surface area contributed by atoms with Crippen molar-refractivity contribution in [2.24, 2.45) is 16.7 Å². The Morgan fingerprint density at radius 2 is 1.80 bits per heavy atom. The number of ether oxygens (including phenoxy) is 3. The van der Waals surface area contributed by atoms with Gasteiger partial charge in [-0.15, -0.1) is 0 Å². The van der Waals surface area contributed by atoms with Gasteiger partial charge < -0.3 is 24.8 Å². The van der Waals surface area contributed by atoms with E-state index >= 15 is 4.79 Å². The fourth-order valence-electron chi connectivity index (χ4n) is 8.93. The average Bonchev–Trinajstić information content (AvgIpc) is 3.30. The lowest BCUT2D eigenvalue weighted by Crippen LogP contribution is -2.74. The summed E-state index contributed by atoms with van der Waals surface area (Å²) in [6.07, 6.45) is 4.96. The molecular weight excluding hydrogens is 673 g/mol. The molecule has 2 spiro atoms. The highest BCUT2D eigenvalue weighted by atomic mass is 32.2. The Balaban J connectivity index is 1.16. The minimum Gasteiger partial charge on any atom is -0.497 e. The van der Waals surface area contributed by atoms with Gasteiger partial charge in [0.25, 0.3) is 15.9 Å². The smallest absolute Gasteiger partial charge is 0.276 e. The van der Waals surface area contributed by atoms with Crippen LogP contribution in [0.15, 0.2) is 59.6 Å². The minimum atomic E-state index is -4.67. The molecule has 3 aliphatic heterocycles. The maximum atomic E-state index is 15.2. The zero-order valence-electron chi connectivity index (χ0n) is 28.8. The zero-order chi connectivity index (χ0) is 35.8. The van der Waals surface area contributed by atoms with Gasteiger partial charge in [0.15, 0.2) is 5.54 Å². The molecule has 4 fully saturated rings. The molecule has 8 rings (SSSR count). The number of sulfonamides is 1. The number of hydrogen-bond acceptors (Lipinski definition) is 11. The molecule has 1 atom stereocenters. The van der Waals surface area contributed by atoms with Gasteiger partial charge in [0, 0.05) is 61.4 Å². The molecule has 2 saturated heterocycles. The number of amides is 2. The Morgan fingerprint density at radius 3 is 2.45 bits per heavy atom. The van der Waals surface area contributed by atoms with Crippen LogP contribution in [0.1, 0.15) is 49.3 Å². The molecule has 0 bridgehead atoms. The van der Waals surface area contributed by atoms with E-state index < -0.39 is 21.5 Å². The summed E-state index contributed by atoms with van der Waals surface area (Å²) in [6.45, 7) is 6.41. The van der Waals surface area contributed by atoms with Crippen LogP contribution in [0.2, 0.25) is 0 Å². The Morgan fingerprint density at radius 1 is 1.04 bits per heavy atom. The van der Waals surface area contributed by atoms with E-state index in [1.807, 2.05) is 0 Å². The number of aromatic nitrogens is 1. The summed E-state index contributed by atoms with van der Waals surface area (Å²) >= 11 is 0. The first kappa shape index (κ1) is 33.4. The van der Waals surface area contributed by atoms with Gasteiger partial charge in [0.2, 0.25) is 11.8 Å². The first-order chi connectivity index (χ1) is 24.5. The Bertz CT molecular complexity index is 2070. The molecule has 2 saturated carbocycles. The van der Waals surface area contributed by atoms with Crippen LogP contribution in [0.3, 0.4) is 0 Å². The van der Waals surface area contributed by atoms with Crippen LogP contribution in [-0.4, -0.2) is 83.2 Å². The van der Waals surface area contributed by atoms with Gasteiger partial charge in [-0.1, -0.05) is 0 Å². The van der Waals surface area contributed by atoms with E-state index in [4.69, 9.17) is 14.2 Å². The number of hydrogen-bond donors (Lipinski definition) is 2. The molecule has 0 radical (unpaired) electrons. The van der Waals surface area contributed by atoms with Crippen LogP contribution in [0.25, 0.3) is 0 Å². The number of carbonyl (C=O) groups is 2. The number of carbonyl (C=O) groups excluding carboxylic acids is 2. The van der Waals surface area contributed by atoms with Crippen molar-refractivity contribution in [3.8, 4) is 23.4 Å². The lowest BCUT2D eigenvalue weighted by Gasteiger charge is -2.66. The van der Waals surface area contributed by atoms with Crippen LogP contribution in [0.5, 0.6) is 17.4 Å². The van der Waals surface area contributed by atoms with E-state index in [1.54, 1.807) is 19.1 Å². The van der Waals surface area contributed by atoms with E-state index in [9.17, 15) is 18.5 Å². The number of fused-ring (bicyclic) bond motifs is 1. The van der Waals surface area contributed by atoms with Crippen molar-refractivity contribution in [2.45, 2.75) is 49.1 Å². The highest BCUT2D eigenvalue weighted by molar-refractivity contribution is 7.93. The van der Waals surface area contributed by atoms with E-state index in [1.165, 1.54) is 56.8 Å². The number of nitriles is 1. The molecule has 2 aromatic carbocycles. The fraction of sp³-hybridized carbons (Fsp3) is 0.459. The third-order valence-electron chi connectivity index (χ3n) is 11.6. The molecule has 266 valence electrons. The average molecular weight is 713 g/mol. The summed E-state index contributed by atoms with van der Waals surface area (Å²) in [4.78, 5) is 36.2. The molecule has 2 N–H and O–H groups in total. The quantitative estimate of drug-likeness (QED) is 0.318. The Labute approximate surface area is 296 Å². The number of nitrogens with one attached hydrogen (secondary N) is 2. The van der Waals surface area contributed by atoms with Gasteiger partial charge in [-0.2, -0.15) is 9.57 Å². The maximum absolute atomic E-state index is 15.2. The Hall–Kier alpha value is -4.71. The van der Waals surface area contributed by atoms with Crippen molar-refractivity contribution in [1.82, 2.24) is 20.5 Å². The number of methoxy groups -OCH3 is 2. The number of nitrogens with zero attached hydrogens (tertiary/aromatic N) is 4. The second-order valence-electron chi connectivity index (χ2n) is 14.6. The van der Waals surface area contributed by atoms with E-state index in [0.29, 0.717) is 34.4 Å².